The number of anilines is 1. The van der Waals surface area contributed by atoms with Gasteiger partial charge in [-0.05, 0) is 68.0 Å². The number of aromatic hydroxyl groups is 1. The highest BCUT2D eigenvalue weighted by atomic mass is 16.5. The van der Waals surface area contributed by atoms with E-state index in [9.17, 15) is 24.3 Å². The lowest BCUT2D eigenvalue weighted by Gasteiger charge is -2.42. The standard InChI is InChI=1S/C32H29NO6/c1-4-17-8-10-18(11-9-17)33-31(37)20-13-12-19-21(26(20)32(33)38)15-22-27(24(35)14-16(2)30(22)36)28(19)29-23(34)6-5-7-25(29)39-3/h5-12,14,20-21,26,28,34H,4,13,15H2,1-3H3. The van der Waals surface area contributed by atoms with Crippen molar-refractivity contribution >= 4 is 29.1 Å². The third-order valence-corrected chi connectivity index (χ3v) is 8.72. The number of aryl methyl sites for hydroxylation is 1. The van der Waals surface area contributed by atoms with Crippen LogP contribution in [0.5, 0.6) is 11.5 Å². The SMILES string of the molecule is CCc1ccc(N2C(=O)C3CC=C4C(c5c(O)cccc5OC)C5=C(CC4C3C2=O)C(=O)C(C)=CC5=O)cc1. The average molecular weight is 524 g/mol. The molecule has 1 aliphatic heterocycles. The quantitative estimate of drug-likeness (QED) is 0.357. The Morgan fingerprint density at radius 3 is 2.44 bits per heavy atom. The first kappa shape index (κ1) is 25.0. The van der Waals surface area contributed by atoms with Crippen molar-refractivity contribution < 1.29 is 29.0 Å². The topological polar surface area (TPSA) is 101 Å². The van der Waals surface area contributed by atoms with Crippen molar-refractivity contribution in [1.29, 1.82) is 0 Å². The fraction of sp³-hybridized carbons (Fsp3) is 0.312. The van der Waals surface area contributed by atoms with Gasteiger partial charge in [0.05, 0.1) is 24.6 Å². The van der Waals surface area contributed by atoms with Crippen LogP contribution in [-0.4, -0.2) is 35.6 Å². The zero-order valence-corrected chi connectivity index (χ0v) is 22.1. The minimum Gasteiger partial charge on any atom is -0.507 e. The number of hydrogen-bond acceptors (Lipinski definition) is 6. The van der Waals surface area contributed by atoms with Gasteiger partial charge in [0.25, 0.3) is 0 Å². The molecule has 1 N–H and O–H groups in total. The number of phenolic OH excluding ortho intramolecular Hbond substituents is 1. The molecule has 1 saturated heterocycles. The third-order valence-electron chi connectivity index (χ3n) is 8.72. The Morgan fingerprint density at radius 1 is 1.00 bits per heavy atom. The highest BCUT2D eigenvalue weighted by Crippen LogP contribution is 2.57. The van der Waals surface area contributed by atoms with E-state index in [0.717, 1.165) is 17.6 Å². The van der Waals surface area contributed by atoms with E-state index in [-0.39, 0.29) is 35.6 Å². The first-order chi connectivity index (χ1) is 18.8. The lowest BCUT2D eigenvalue weighted by atomic mass is 9.59. The van der Waals surface area contributed by atoms with Gasteiger partial charge in [-0.3, -0.25) is 24.1 Å². The smallest absolute Gasteiger partial charge is 0.238 e. The van der Waals surface area contributed by atoms with E-state index >= 15 is 0 Å². The van der Waals surface area contributed by atoms with Crippen molar-refractivity contribution in [2.75, 3.05) is 12.0 Å². The lowest BCUT2D eigenvalue weighted by Crippen LogP contribution is -2.40. The van der Waals surface area contributed by atoms with Gasteiger partial charge in [-0.2, -0.15) is 0 Å². The molecule has 7 nitrogen and oxygen atoms in total. The molecule has 0 spiro atoms. The number of carbonyl (C=O) groups is 4. The third kappa shape index (κ3) is 3.63. The van der Waals surface area contributed by atoms with Gasteiger partial charge in [0, 0.05) is 28.2 Å². The van der Waals surface area contributed by atoms with Gasteiger partial charge >= 0.3 is 0 Å². The molecule has 1 fully saturated rings. The van der Waals surface area contributed by atoms with Gasteiger partial charge in [-0.25, -0.2) is 0 Å². The van der Waals surface area contributed by atoms with Crippen LogP contribution in [0.4, 0.5) is 5.69 Å². The van der Waals surface area contributed by atoms with Crippen LogP contribution in [0.15, 0.2) is 76.9 Å². The predicted molar refractivity (Wildman–Crippen MR) is 144 cm³/mol. The molecule has 6 rings (SSSR count). The molecule has 2 aromatic rings. The molecule has 4 atom stereocenters. The number of rotatable bonds is 4. The summed E-state index contributed by atoms with van der Waals surface area (Å²) in [6.45, 7) is 3.65. The van der Waals surface area contributed by atoms with Gasteiger partial charge in [0.15, 0.2) is 11.6 Å². The number of carbonyl (C=O) groups excluding carboxylic acids is 4. The molecular formula is C32H29NO6. The van der Waals surface area contributed by atoms with Crippen molar-refractivity contribution in [1.82, 2.24) is 0 Å². The molecule has 4 aliphatic rings. The zero-order chi connectivity index (χ0) is 27.6. The fourth-order valence-corrected chi connectivity index (χ4v) is 6.85. The summed E-state index contributed by atoms with van der Waals surface area (Å²) in [4.78, 5) is 55.7. The van der Waals surface area contributed by atoms with Crippen molar-refractivity contribution in [2.45, 2.75) is 39.0 Å². The highest BCUT2D eigenvalue weighted by molar-refractivity contribution is 6.25. The Hall–Kier alpha value is -4.26. The van der Waals surface area contributed by atoms with Crippen molar-refractivity contribution in [3.05, 3.63) is 88.0 Å². The van der Waals surface area contributed by atoms with E-state index in [1.165, 1.54) is 24.2 Å². The maximum atomic E-state index is 14.0. The molecule has 4 unspecified atom stereocenters. The molecule has 0 aromatic heterocycles. The number of phenols is 1. The molecule has 198 valence electrons. The maximum Gasteiger partial charge on any atom is 0.238 e. The number of Topliss-reactive ketones (excluding diaryl/α,β-unsaturated/α-hetero) is 1. The van der Waals surface area contributed by atoms with Crippen LogP contribution in [0.3, 0.4) is 0 Å². The van der Waals surface area contributed by atoms with Crippen LogP contribution >= 0.6 is 0 Å². The number of nitrogens with zero attached hydrogens (tertiary/aromatic N) is 1. The summed E-state index contributed by atoms with van der Waals surface area (Å²) < 4.78 is 5.59. The summed E-state index contributed by atoms with van der Waals surface area (Å²) in [6, 6.07) is 12.3. The fourth-order valence-electron chi connectivity index (χ4n) is 6.85. The Morgan fingerprint density at radius 2 is 1.74 bits per heavy atom. The summed E-state index contributed by atoms with van der Waals surface area (Å²) in [5.41, 5.74) is 3.81. The van der Waals surface area contributed by atoms with E-state index in [1.54, 1.807) is 31.2 Å². The maximum absolute atomic E-state index is 14.0. The molecule has 0 radical (unpaired) electrons. The summed E-state index contributed by atoms with van der Waals surface area (Å²) in [7, 11) is 1.48. The van der Waals surface area contributed by atoms with Crippen LogP contribution in [0.1, 0.15) is 43.7 Å². The van der Waals surface area contributed by atoms with E-state index in [0.29, 0.717) is 40.1 Å². The second-order valence-corrected chi connectivity index (χ2v) is 10.7. The molecular weight excluding hydrogens is 494 g/mol. The monoisotopic (exact) mass is 523 g/mol. The Balaban J connectivity index is 1.50. The number of ketones is 2. The van der Waals surface area contributed by atoms with Crippen LogP contribution in [0, 0.1) is 17.8 Å². The first-order valence-corrected chi connectivity index (χ1v) is 13.3. The molecule has 0 bridgehead atoms. The van der Waals surface area contributed by atoms with Gasteiger partial charge in [0.2, 0.25) is 11.8 Å². The number of methoxy groups -OCH3 is 1. The van der Waals surface area contributed by atoms with Crippen molar-refractivity contribution in [2.24, 2.45) is 17.8 Å². The summed E-state index contributed by atoms with van der Waals surface area (Å²) in [5, 5.41) is 11.0. The van der Waals surface area contributed by atoms with Gasteiger partial charge < -0.3 is 9.84 Å². The number of benzene rings is 2. The van der Waals surface area contributed by atoms with E-state index in [2.05, 4.69) is 0 Å². The normalized spacial score (nSPS) is 26.2. The van der Waals surface area contributed by atoms with Crippen LogP contribution in [0.25, 0.3) is 0 Å². The minimum absolute atomic E-state index is 0.0622. The predicted octanol–water partition coefficient (Wildman–Crippen LogP) is 4.60. The number of imide groups is 1. The lowest BCUT2D eigenvalue weighted by molar-refractivity contribution is -0.123. The highest BCUT2D eigenvalue weighted by Gasteiger charge is 2.57. The molecule has 2 amide bonds. The van der Waals surface area contributed by atoms with E-state index < -0.39 is 23.7 Å². The Labute approximate surface area is 226 Å². The first-order valence-electron chi connectivity index (χ1n) is 13.3. The largest absolute Gasteiger partial charge is 0.507 e. The molecule has 3 aliphatic carbocycles. The number of fused-ring (bicyclic) bond motifs is 3. The summed E-state index contributed by atoms with van der Waals surface area (Å²) >= 11 is 0. The number of amides is 2. The number of ether oxygens (including phenoxy) is 1. The molecule has 0 saturated carbocycles. The van der Waals surface area contributed by atoms with E-state index in [1.807, 2.05) is 25.1 Å². The average Bonchev–Trinajstić information content (AvgIpc) is 3.20. The van der Waals surface area contributed by atoms with Crippen LogP contribution in [-0.2, 0) is 25.6 Å². The van der Waals surface area contributed by atoms with Gasteiger partial charge in [-0.15, -0.1) is 0 Å². The number of allylic oxidation sites excluding steroid dienone is 6. The minimum atomic E-state index is -0.766. The summed E-state index contributed by atoms with van der Waals surface area (Å²) in [6.07, 6.45) is 4.64. The Bertz CT molecular complexity index is 1540. The molecule has 1 heterocycles. The second-order valence-electron chi connectivity index (χ2n) is 10.7. The molecule has 7 heteroatoms. The van der Waals surface area contributed by atoms with Crippen molar-refractivity contribution in [3.8, 4) is 11.5 Å². The second kappa shape index (κ2) is 9.19. The zero-order valence-electron chi connectivity index (χ0n) is 22.1. The van der Waals surface area contributed by atoms with Crippen molar-refractivity contribution in [3.63, 3.8) is 0 Å². The van der Waals surface area contributed by atoms with Crippen LogP contribution < -0.4 is 9.64 Å². The van der Waals surface area contributed by atoms with Gasteiger partial charge in [-0.1, -0.05) is 36.8 Å². The molecule has 39 heavy (non-hydrogen) atoms. The molecule has 2 aromatic carbocycles. The van der Waals surface area contributed by atoms with Crippen LogP contribution in [0.2, 0.25) is 0 Å². The van der Waals surface area contributed by atoms with Gasteiger partial charge in [0.1, 0.15) is 11.5 Å². The summed E-state index contributed by atoms with van der Waals surface area (Å²) in [5.74, 6) is -3.22. The van der Waals surface area contributed by atoms with E-state index in [4.69, 9.17) is 4.74 Å². The Kier molecular flexibility index (Phi) is 5.90. The number of hydrogen-bond donors (Lipinski definition) is 1.